The number of hydrogen-bond donors (Lipinski definition) is 1. The second-order valence-electron chi connectivity index (χ2n) is 11.3. The van der Waals surface area contributed by atoms with Crippen molar-refractivity contribution in [3.63, 3.8) is 0 Å². The number of unbranched alkanes of at least 4 members (excludes halogenated alkanes) is 1. The van der Waals surface area contributed by atoms with Crippen molar-refractivity contribution in [1.29, 1.82) is 0 Å². The lowest BCUT2D eigenvalue weighted by Gasteiger charge is -2.29. The van der Waals surface area contributed by atoms with E-state index in [4.69, 9.17) is 0 Å². The number of carbonyl (C=O) groups is 2. The zero-order valence-electron chi connectivity index (χ0n) is 26.0. The SMILES string of the molecule is CC(C)CCCCC(=O)Nc1ccc2c(c1)N(C(=O)c1ccccc1)CCS2.CCCN(CCC)Cc1ccccc1. The summed E-state index contributed by atoms with van der Waals surface area (Å²) in [6, 6.07) is 25.9. The van der Waals surface area contributed by atoms with Crippen LogP contribution in [0.25, 0.3) is 0 Å². The minimum absolute atomic E-state index is 0.000637. The number of benzene rings is 3. The molecule has 1 N–H and O–H groups in total. The molecule has 0 fully saturated rings. The van der Waals surface area contributed by atoms with Crippen molar-refractivity contribution in [1.82, 2.24) is 4.90 Å². The molecule has 0 radical (unpaired) electrons. The van der Waals surface area contributed by atoms with Crippen LogP contribution in [0.3, 0.4) is 0 Å². The molecule has 2 amide bonds. The normalized spacial score (nSPS) is 12.5. The molecule has 4 rings (SSSR count). The van der Waals surface area contributed by atoms with E-state index in [9.17, 15) is 9.59 Å². The van der Waals surface area contributed by atoms with Crippen LogP contribution in [0.4, 0.5) is 11.4 Å². The van der Waals surface area contributed by atoms with Crippen molar-refractivity contribution >= 4 is 35.0 Å². The summed E-state index contributed by atoms with van der Waals surface area (Å²) in [6.07, 6.45) is 6.15. The molecule has 0 unspecified atom stereocenters. The van der Waals surface area contributed by atoms with Gasteiger partial charge in [0.2, 0.25) is 5.91 Å². The number of anilines is 2. The Bertz CT molecular complexity index is 1210. The van der Waals surface area contributed by atoms with Gasteiger partial charge in [-0.05, 0) is 74.2 Å². The summed E-state index contributed by atoms with van der Waals surface area (Å²) in [5.74, 6) is 1.58. The molecule has 3 aromatic carbocycles. The van der Waals surface area contributed by atoms with Crippen molar-refractivity contribution < 1.29 is 9.59 Å². The van der Waals surface area contributed by atoms with Crippen molar-refractivity contribution in [3.05, 3.63) is 90.0 Å². The molecule has 0 saturated carbocycles. The number of rotatable bonds is 13. The van der Waals surface area contributed by atoms with Gasteiger partial charge in [-0.3, -0.25) is 14.5 Å². The van der Waals surface area contributed by atoms with Crippen LogP contribution >= 0.6 is 11.8 Å². The summed E-state index contributed by atoms with van der Waals surface area (Å²) in [6.45, 7) is 13.1. The fourth-order valence-corrected chi connectivity index (χ4v) is 6.02. The smallest absolute Gasteiger partial charge is 0.258 e. The van der Waals surface area contributed by atoms with Crippen LogP contribution in [-0.2, 0) is 11.3 Å². The highest BCUT2D eigenvalue weighted by atomic mass is 32.2. The summed E-state index contributed by atoms with van der Waals surface area (Å²) in [7, 11) is 0. The Kier molecular flexibility index (Phi) is 14.7. The van der Waals surface area contributed by atoms with Crippen molar-refractivity contribution in [3.8, 4) is 0 Å². The molecule has 0 spiro atoms. The Labute approximate surface area is 258 Å². The molecule has 0 bridgehead atoms. The Balaban J connectivity index is 0.000000291. The van der Waals surface area contributed by atoms with E-state index in [1.165, 1.54) is 31.5 Å². The fourth-order valence-electron chi connectivity index (χ4n) is 5.05. The lowest BCUT2D eigenvalue weighted by atomic mass is 10.1. The van der Waals surface area contributed by atoms with E-state index < -0.39 is 0 Å². The van der Waals surface area contributed by atoms with E-state index in [0.717, 1.165) is 47.8 Å². The summed E-state index contributed by atoms with van der Waals surface area (Å²) in [4.78, 5) is 30.6. The van der Waals surface area contributed by atoms with Gasteiger partial charge in [-0.1, -0.05) is 89.1 Å². The molecule has 5 nitrogen and oxygen atoms in total. The molecule has 0 aliphatic carbocycles. The van der Waals surface area contributed by atoms with Gasteiger partial charge in [0.15, 0.2) is 0 Å². The number of nitrogens with one attached hydrogen (secondary N) is 1. The molecule has 1 aliphatic rings. The molecule has 1 heterocycles. The van der Waals surface area contributed by atoms with E-state index in [0.29, 0.717) is 24.4 Å². The highest BCUT2D eigenvalue weighted by Crippen LogP contribution is 2.37. The van der Waals surface area contributed by atoms with Crippen LogP contribution in [-0.4, -0.2) is 42.1 Å². The van der Waals surface area contributed by atoms with Crippen molar-refractivity contribution in [2.75, 3.05) is 35.6 Å². The summed E-state index contributed by atoms with van der Waals surface area (Å²) < 4.78 is 0. The number of hydrogen-bond acceptors (Lipinski definition) is 4. The zero-order valence-corrected chi connectivity index (χ0v) is 26.8. The Hall–Kier alpha value is -3.09. The van der Waals surface area contributed by atoms with Gasteiger partial charge in [-0.15, -0.1) is 11.8 Å². The van der Waals surface area contributed by atoms with E-state index >= 15 is 0 Å². The monoisotopic (exact) mass is 587 g/mol. The standard InChI is InChI=1S/C23H28N2O2S.C13H21N/c1-17(2)8-6-7-11-22(26)24-19-12-13-21-20(16-19)25(14-15-28-21)23(27)18-9-4-3-5-10-18;1-3-10-14(11-4-2)12-13-8-6-5-7-9-13/h3-5,9-10,12-13,16-17H,6-8,11,14-15H2,1-2H3,(H,24,26);5-9H,3-4,10-12H2,1-2H3. The van der Waals surface area contributed by atoms with Gasteiger partial charge in [0.25, 0.3) is 5.91 Å². The Morgan fingerprint density at radius 2 is 1.57 bits per heavy atom. The van der Waals surface area contributed by atoms with Gasteiger partial charge in [0.05, 0.1) is 5.69 Å². The molecule has 1 aliphatic heterocycles. The van der Waals surface area contributed by atoms with E-state index in [1.807, 2.05) is 53.4 Å². The lowest BCUT2D eigenvalue weighted by molar-refractivity contribution is -0.116. The zero-order chi connectivity index (χ0) is 30.2. The van der Waals surface area contributed by atoms with E-state index in [1.54, 1.807) is 11.8 Å². The highest BCUT2D eigenvalue weighted by Gasteiger charge is 2.24. The van der Waals surface area contributed by atoms with Crippen LogP contribution in [0.2, 0.25) is 0 Å². The Morgan fingerprint density at radius 3 is 2.21 bits per heavy atom. The summed E-state index contributed by atoms with van der Waals surface area (Å²) in [5.41, 5.74) is 3.73. The predicted molar refractivity (Wildman–Crippen MR) is 180 cm³/mol. The van der Waals surface area contributed by atoms with Crippen LogP contribution in [0.5, 0.6) is 0 Å². The van der Waals surface area contributed by atoms with Crippen LogP contribution < -0.4 is 10.2 Å². The minimum atomic E-state index is -0.000637. The number of carbonyl (C=O) groups excluding carboxylic acids is 2. The average molecular weight is 588 g/mol. The van der Waals surface area contributed by atoms with Gasteiger partial charge in [-0.2, -0.15) is 0 Å². The van der Waals surface area contributed by atoms with Crippen molar-refractivity contribution in [2.24, 2.45) is 5.92 Å². The van der Waals surface area contributed by atoms with E-state index in [-0.39, 0.29) is 11.8 Å². The first-order valence-corrected chi connectivity index (χ1v) is 16.6. The van der Waals surface area contributed by atoms with Gasteiger partial charge in [0.1, 0.15) is 0 Å². The first-order valence-electron chi connectivity index (χ1n) is 15.6. The van der Waals surface area contributed by atoms with Crippen LogP contribution in [0.15, 0.2) is 83.8 Å². The fraction of sp³-hybridized carbons (Fsp3) is 0.444. The lowest BCUT2D eigenvalue weighted by Crippen LogP contribution is -2.35. The Morgan fingerprint density at radius 1 is 0.905 bits per heavy atom. The summed E-state index contributed by atoms with van der Waals surface area (Å²) in [5, 5.41) is 2.99. The van der Waals surface area contributed by atoms with Gasteiger partial charge < -0.3 is 10.2 Å². The predicted octanol–water partition coefficient (Wildman–Crippen LogP) is 8.90. The maximum Gasteiger partial charge on any atom is 0.258 e. The number of nitrogens with zero attached hydrogens (tertiary/aromatic N) is 2. The second kappa shape index (κ2) is 18.4. The molecule has 226 valence electrons. The third kappa shape index (κ3) is 11.3. The number of thioether (sulfide) groups is 1. The highest BCUT2D eigenvalue weighted by molar-refractivity contribution is 7.99. The maximum absolute atomic E-state index is 13.0. The second-order valence-corrected chi connectivity index (χ2v) is 12.4. The first-order chi connectivity index (χ1) is 20.4. The van der Waals surface area contributed by atoms with Gasteiger partial charge >= 0.3 is 0 Å². The number of amides is 2. The molecule has 0 saturated heterocycles. The summed E-state index contributed by atoms with van der Waals surface area (Å²) >= 11 is 1.75. The van der Waals surface area contributed by atoms with Gasteiger partial charge in [0, 0.05) is 41.4 Å². The topological polar surface area (TPSA) is 52.7 Å². The largest absolute Gasteiger partial charge is 0.326 e. The molecule has 0 atom stereocenters. The van der Waals surface area contributed by atoms with Crippen molar-refractivity contribution in [2.45, 2.75) is 77.7 Å². The third-order valence-electron chi connectivity index (χ3n) is 7.14. The molecular formula is C36H49N3O2S. The van der Waals surface area contributed by atoms with Crippen LogP contribution in [0, 0.1) is 5.92 Å². The quantitative estimate of drug-likeness (QED) is 0.203. The molecule has 6 heteroatoms. The molecule has 3 aromatic rings. The molecule has 0 aromatic heterocycles. The van der Waals surface area contributed by atoms with E-state index in [2.05, 4.69) is 68.2 Å². The molecular weight excluding hydrogens is 538 g/mol. The molecule has 42 heavy (non-hydrogen) atoms. The maximum atomic E-state index is 13.0. The number of fused-ring (bicyclic) bond motifs is 1. The van der Waals surface area contributed by atoms with Gasteiger partial charge in [-0.25, -0.2) is 0 Å². The minimum Gasteiger partial charge on any atom is -0.326 e. The third-order valence-corrected chi connectivity index (χ3v) is 8.18. The average Bonchev–Trinajstić information content (AvgIpc) is 3.00. The first kappa shape index (κ1) is 33.4. The van der Waals surface area contributed by atoms with Crippen LogP contribution in [0.1, 0.15) is 82.1 Å².